The van der Waals surface area contributed by atoms with Crippen molar-refractivity contribution in [3.63, 3.8) is 0 Å². The van der Waals surface area contributed by atoms with Crippen LogP contribution in [0.2, 0.25) is 0 Å². The second kappa shape index (κ2) is 8.25. The van der Waals surface area contributed by atoms with Crippen LogP contribution in [0, 0.1) is 5.92 Å². The van der Waals surface area contributed by atoms with E-state index in [-0.39, 0.29) is 0 Å². The van der Waals surface area contributed by atoms with Crippen LogP contribution in [-0.2, 0) is 0 Å². The first-order valence-corrected chi connectivity index (χ1v) is 8.11. The van der Waals surface area contributed by atoms with E-state index >= 15 is 0 Å². The van der Waals surface area contributed by atoms with Gasteiger partial charge in [-0.25, -0.2) is 4.98 Å². The minimum atomic E-state index is 0.356. The molecule has 1 heterocycles. The Morgan fingerprint density at radius 2 is 2.15 bits per heavy atom. The molecule has 1 aliphatic rings. The van der Waals surface area contributed by atoms with Crippen LogP contribution < -0.4 is 10.1 Å². The molecule has 1 unspecified atom stereocenters. The molecule has 0 bridgehead atoms. The van der Waals surface area contributed by atoms with Gasteiger partial charge in [-0.15, -0.1) is 0 Å². The van der Waals surface area contributed by atoms with E-state index in [1.165, 1.54) is 37.7 Å². The molecule has 112 valence electrons. The number of rotatable bonds is 7. The average molecular weight is 276 g/mol. The number of pyridine rings is 1. The van der Waals surface area contributed by atoms with Gasteiger partial charge >= 0.3 is 0 Å². The van der Waals surface area contributed by atoms with Gasteiger partial charge in [0.1, 0.15) is 0 Å². The highest BCUT2D eigenvalue weighted by atomic mass is 16.5. The summed E-state index contributed by atoms with van der Waals surface area (Å²) in [5, 5.41) is 3.50. The van der Waals surface area contributed by atoms with E-state index in [1.807, 2.05) is 6.20 Å². The van der Waals surface area contributed by atoms with Crippen molar-refractivity contribution >= 4 is 0 Å². The van der Waals surface area contributed by atoms with Gasteiger partial charge in [-0.3, -0.25) is 0 Å². The molecule has 1 aromatic heterocycles. The van der Waals surface area contributed by atoms with Crippen molar-refractivity contribution < 1.29 is 4.74 Å². The van der Waals surface area contributed by atoms with Crippen LogP contribution in [0.1, 0.15) is 64.0 Å². The fourth-order valence-electron chi connectivity index (χ4n) is 2.81. The van der Waals surface area contributed by atoms with E-state index in [4.69, 9.17) is 4.74 Å². The fraction of sp³-hybridized carbons (Fsp3) is 0.706. The molecular formula is C17H28N2O. The van der Waals surface area contributed by atoms with Crippen LogP contribution in [0.5, 0.6) is 5.88 Å². The van der Waals surface area contributed by atoms with E-state index in [1.54, 1.807) is 0 Å². The first kappa shape index (κ1) is 15.3. The van der Waals surface area contributed by atoms with Crippen molar-refractivity contribution in [1.29, 1.82) is 0 Å². The highest BCUT2D eigenvalue weighted by molar-refractivity contribution is 5.23. The lowest BCUT2D eigenvalue weighted by atomic mass is 9.90. The maximum Gasteiger partial charge on any atom is 0.213 e. The summed E-state index contributed by atoms with van der Waals surface area (Å²) in [5.41, 5.74) is 1.26. The van der Waals surface area contributed by atoms with E-state index in [0.29, 0.717) is 6.04 Å². The van der Waals surface area contributed by atoms with Crippen molar-refractivity contribution in [3.05, 3.63) is 23.9 Å². The molecule has 1 aromatic rings. The Morgan fingerprint density at radius 1 is 1.35 bits per heavy atom. The van der Waals surface area contributed by atoms with Crippen LogP contribution >= 0.6 is 0 Å². The molecule has 0 spiro atoms. The smallest absolute Gasteiger partial charge is 0.213 e. The monoisotopic (exact) mass is 276 g/mol. The van der Waals surface area contributed by atoms with Gasteiger partial charge < -0.3 is 10.1 Å². The Bertz CT molecular complexity index is 388. The summed E-state index contributed by atoms with van der Waals surface area (Å²) in [6.07, 6.45) is 9.75. The van der Waals surface area contributed by atoms with Gasteiger partial charge in [0, 0.05) is 18.3 Å². The topological polar surface area (TPSA) is 34.2 Å². The summed E-state index contributed by atoms with van der Waals surface area (Å²) in [6, 6.07) is 4.51. The van der Waals surface area contributed by atoms with Gasteiger partial charge in [0.15, 0.2) is 0 Å². The highest BCUT2D eigenvalue weighted by Crippen LogP contribution is 2.24. The Kier molecular flexibility index (Phi) is 6.31. The number of nitrogens with zero attached hydrogens (tertiary/aromatic N) is 1. The lowest BCUT2D eigenvalue weighted by molar-refractivity contribution is 0.202. The number of hydrogen-bond donors (Lipinski definition) is 1. The normalized spacial score (nSPS) is 17.9. The van der Waals surface area contributed by atoms with Gasteiger partial charge in [0.25, 0.3) is 0 Å². The third kappa shape index (κ3) is 4.78. The zero-order chi connectivity index (χ0) is 14.2. The van der Waals surface area contributed by atoms with Crippen molar-refractivity contribution in [2.45, 2.75) is 58.4 Å². The van der Waals surface area contributed by atoms with E-state index < -0.39 is 0 Å². The Balaban J connectivity index is 1.85. The Morgan fingerprint density at radius 3 is 2.90 bits per heavy atom. The maximum absolute atomic E-state index is 5.90. The van der Waals surface area contributed by atoms with Gasteiger partial charge in [-0.2, -0.15) is 0 Å². The summed E-state index contributed by atoms with van der Waals surface area (Å²) in [4.78, 5) is 4.34. The molecule has 3 nitrogen and oxygen atoms in total. The summed E-state index contributed by atoms with van der Waals surface area (Å²) in [7, 11) is 0. The Hall–Kier alpha value is -1.09. The molecule has 20 heavy (non-hydrogen) atoms. The summed E-state index contributed by atoms with van der Waals surface area (Å²) >= 11 is 0. The SMILES string of the molecule is CCCNC(C)c1ccnc(OCC2CCCCC2)c1. The lowest BCUT2D eigenvalue weighted by Gasteiger charge is -2.21. The van der Waals surface area contributed by atoms with Crippen LogP contribution in [0.4, 0.5) is 0 Å². The number of aromatic nitrogens is 1. The zero-order valence-electron chi connectivity index (χ0n) is 12.9. The largest absolute Gasteiger partial charge is 0.477 e. The predicted molar refractivity (Wildman–Crippen MR) is 83.0 cm³/mol. The quantitative estimate of drug-likeness (QED) is 0.814. The highest BCUT2D eigenvalue weighted by Gasteiger charge is 2.14. The summed E-state index contributed by atoms with van der Waals surface area (Å²) < 4.78 is 5.90. The third-order valence-corrected chi connectivity index (χ3v) is 4.15. The Labute approximate surface area is 123 Å². The molecule has 1 fully saturated rings. The molecule has 0 radical (unpaired) electrons. The molecule has 3 heteroatoms. The molecule has 0 aliphatic heterocycles. The fourth-order valence-corrected chi connectivity index (χ4v) is 2.81. The first-order valence-electron chi connectivity index (χ1n) is 8.11. The number of nitrogens with one attached hydrogen (secondary N) is 1. The van der Waals surface area contributed by atoms with Gasteiger partial charge in [0.05, 0.1) is 6.61 Å². The van der Waals surface area contributed by atoms with Crippen molar-refractivity contribution in [2.24, 2.45) is 5.92 Å². The minimum absolute atomic E-state index is 0.356. The van der Waals surface area contributed by atoms with Crippen molar-refractivity contribution in [3.8, 4) is 5.88 Å². The molecule has 0 saturated heterocycles. The van der Waals surface area contributed by atoms with Gasteiger partial charge in [-0.05, 0) is 50.3 Å². The van der Waals surface area contributed by atoms with Crippen molar-refractivity contribution in [2.75, 3.05) is 13.2 Å². The number of ether oxygens (including phenoxy) is 1. The molecule has 1 N–H and O–H groups in total. The molecule has 1 saturated carbocycles. The minimum Gasteiger partial charge on any atom is -0.477 e. The molecule has 2 rings (SSSR count). The first-order chi connectivity index (χ1) is 9.79. The molecular weight excluding hydrogens is 248 g/mol. The van der Waals surface area contributed by atoms with E-state index in [0.717, 1.165) is 31.4 Å². The summed E-state index contributed by atoms with van der Waals surface area (Å²) in [6.45, 7) is 6.25. The standard InChI is InChI=1S/C17H28N2O/c1-3-10-18-14(2)16-9-11-19-17(12-16)20-13-15-7-5-4-6-8-15/h9,11-12,14-15,18H,3-8,10,13H2,1-2H3. The van der Waals surface area contributed by atoms with Gasteiger partial charge in [0.2, 0.25) is 5.88 Å². The molecule has 1 aliphatic carbocycles. The second-order valence-electron chi connectivity index (χ2n) is 5.92. The maximum atomic E-state index is 5.90. The van der Waals surface area contributed by atoms with E-state index in [2.05, 4.69) is 36.3 Å². The second-order valence-corrected chi connectivity index (χ2v) is 5.92. The van der Waals surface area contributed by atoms with Crippen LogP contribution in [0.3, 0.4) is 0 Å². The molecule has 1 atom stereocenters. The third-order valence-electron chi connectivity index (χ3n) is 4.15. The molecule has 0 amide bonds. The summed E-state index contributed by atoms with van der Waals surface area (Å²) in [5.74, 6) is 1.50. The number of hydrogen-bond acceptors (Lipinski definition) is 3. The molecule has 0 aromatic carbocycles. The van der Waals surface area contributed by atoms with Crippen LogP contribution in [-0.4, -0.2) is 18.1 Å². The average Bonchev–Trinajstić information content (AvgIpc) is 2.52. The van der Waals surface area contributed by atoms with Crippen LogP contribution in [0.15, 0.2) is 18.3 Å². The van der Waals surface area contributed by atoms with Crippen molar-refractivity contribution in [1.82, 2.24) is 10.3 Å². The van der Waals surface area contributed by atoms with Crippen LogP contribution in [0.25, 0.3) is 0 Å². The lowest BCUT2D eigenvalue weighted by Crippen LogP contribution is -2.19. The van der Waals surface area contributed by atoms with Gasteiger partial charge in [-0.1, -0.05) is 26.2 Å². The zero-order valence-corrected chi connectivity index (χ0v) is 12.9. The predicted octanol–water partition coefficient (Wildman–Crippen LogP) is 4.10. The van der Waals surface area contributed by atoms with E-state index in [9.17, 15) is 0 Å².